The summed E-state index contributed by atoms with van der Waals surface area (Å²) in [6.07, 6.45) is 1.01. The maximum absolute atomic E-state index is 5.29. The molecule has 0 saturated carbocycles. The molecule has 0 atom stereocenters. The third-order valence-electron chi connectivity index (χ3n) is 5.03. The normalized spacial score (nSPS) is 10.7. The first-order chi connectivity index (χ1) is 12.2. The standard InChI is InChI=1S/C23H22NO.HI/c1-4-16-15-22(18-9-12-19(25-3)13-10-18)24(2)21-14-11-17-7-5-6-8-20(17)23(16)21;/h5-15H,4H2,1-3H3;1H/q+1;/p-1. The minimum atomic E-state index is 0. The van der Waals surface area contributed by atoms with Gasteiger partial charge in [-0.2, -0.15) is 4.57 Å². The second kappa shape index (κ2) is 7.62. The lowest BCUT2D eigenvalue weighted by Gasteiger charge is -2.11. The molecule has 4 rings (SSSR count). The highest BCUT2D eigenvalue weighted by Crippen LogP contribution is 2.30. The first-order valence-electron chi connectivity index (χ1n) is 8.70. The molecule has 0 fully saturated rings. The van der Waals surface area contributed by atoms with E-state index in [2.05, 4.69) is 73.1 Å². The SMILES string of the molecule is CCc1cc(-c2ccc(OC)cc2)[n+](C)c2ccc3ccccc3c12.[I-]. The van der Waals surface area contributed by atoms with Crippen molar-refractivity contribution in [2.24, 2.45) is 7.05 Å². The van der Waals surface area contributed by atoms with Gasteiger partial charge in [-0.25, -0.2) is 0 Å². The van der Waals surface area contributed by atoms with Crippen LogP contribution in [0.5, 0.6) is 5.75 Å². The molecule has 0 amide bonds. The van der Waals surface area contributed by atoms with E-state index in [1.807, 2.05) is 12.1 Å². The number of ether oxygens (including phenoxy) is 1. The summed E-state index contributed by atoms with van der Waals surface area (Å²) in [5.74, 6) is 0.883. The minimum Gasteiger partial charge on any atom is -1.00 e. The maximum atomic E-state index is 5.29. The number of methoxy groups -OCH3 is 1. The fourth-order valence-electron chi connectivity index (χ4n) is 3.66. The lowest BCUT2D eigenvalue weighted by Crippen LogP contribution is -3.00. The number of hydrogen-bond donors (Lipinski definition) is 0. The van der Waals surface area contributed by atoms with Gasteiger partial charge in [0.2, 0.25) is 11.2 Å². The van der Waals surface area contributed by atoms with Crippen LogP contribution in [0.2, 0.25) is 0 Å². The Morgan fingerprint density at radius 2 is 1.65 bits per heavy atom. The molecule has 1 heterocycles. The van der Waals surface area contributed by atoms with E-state index in [0.717, 1.165) is 12.2 Å². The number of rotatable bonds is 3. The van der Waals surface area contributed by atoms with Crippen molar-refractivity contribution >= 4 is 21.7 Å². The first kappa shape index (κ1) is 18.6. The van der Waals surface area contributed by atoms with Gasteiger partial charge in [-0.3, -0.25) is 0 Å². The average Bonchev–Trinajstić information content (AvgIpc) is 2.68. The van der Waals surface area contributed by atoms with E-state index in [-0.39, 0.29) is 24.0 Å². The lowest BCUT2D eigenvalue weighted by molar-refractivity contribution is -0.633. The van der Waals surface area contributed by atoms with Gasteiger partial charge in [-0.15, -0.1) is 0 Å². The molecule has 2 nitrogen and oxygen atoms in total. The smallest absolute Gasteiger partial charge is 0.213 e. The number of halogens is 1. The van der Waals surface area contributed by atoms with E-state index in [1.54, 1.807) is 7.11 Å². The molecular weight excluding hydrogens is 433 g/mol. The molecule has 0 aliphatic carbocycles. The highest BCUT2D eigenvalue weighted by atomic mass is 127. The molecule has 4 aromatic rings. The predicted octanol–water partition coefficient (Wildman–Crippen LogP) is 2.06. The monoisotopic (exact) mass is 455 g/mol. The fourth-order valence-corrected chi connectivity index (χ4v) is 3.66. The molecule has 3 heteroatoms. The van der Waals surface area contributed by atoms with Gasteiger partial charge in [0.25, 0.3) is 0 Å². The van der Waals surface area contributed by atoms with Crippen molar-refractivity contribution in [1.29, 1.82) is 0 Å². The van der Waals surface area contributed by atoms with E-state index >= 15 is 0 Å². The minimum absolute atomic E-state index is 0. The molecule has 0 radical (unpaired) electrons. The van der Waals surface area contributed by atoms with E-state index in [9.17, 15) is 0 Å². The lowest BCUT2D eigenvalue weighted by atomic mass is 9.97. The average molecular weight is 455 g/mol. The van der Waals surface area contributed by atoms with Gasteiger partial charge in [-0.05, 0) is 53.1 Å². The number of pyridine rings is 1. The second-order valence-electron chi connectivity index (χ2n) is 6.38. The van der Waals surface area contributed by atoms with E-state index in [4.69, 9.17) is 4.74 Å². The molecule has 132 valence electrons. The van der Waals surface area contributed by atoms with Gasteiger partial charge < -0.3 is 28.7 Å². The van der Waals surface area contributed by atoms with Crippen molar-refractivity contribution in [2.75, 3.05) is 7.11 Å². The van der Waals surface area contributed by atoms with Crippen LogP contribution < -0.4 is 33.3 Å². The molecule has 1 aromatic heterocycles. The van der Waals surface area contributed by atoms with Crippen LogP contribution in [0.4, 0.5) is 0 Å². The van der Waals surface area contributed by atoms with Crippen LogP contribution in [0.15, 0.2) is 66.7 Å². The van der Waals surface area contributed by atoms with Crippen molar-refractivity contribution in [1.82, 2.24) is 0 Å². The molecule has 3 aromatic carbocycles. The number of nitrogens with zero attached hydrogens (tertiary/aromatic N) is 1. The molecule has 0 saturated heterocycles. The maximum Gasteiger partial charge on any atom is 0.213 e. The summed E-state index contributed by atoms with van der Waals surface area (Å²) < 4.78 is 7.59. The summed E-state index contributed by atoms with van der Waals surface area (Å²) in [4.78, 5) is 0. The molecule has 0 bridgehead atoms. The summed E-state index contributed by atoms with van der Waals surface area (Å²) in [7, 11) is 3.85. The Kier molecular flexibility index (Phi) is 5.47. The topological polar surface area (TPSA) is 13.1 Å². The second-order valence-corrected chi connectivity index (χ2v) is 6.38. The summed E-state index contributed by atoms with van der Waals surface area (Å²) >= 11 is 0. The van der Waals surface area contributed by atoms with Crippen molar-refractivity contribution in [3.8, 4) is 17.0 Å². The molecule has 26 heavy (non-hydrogen) atoms. The molecule has 0 aliphatic rings. The highest BCUT2D eigenvalue weighted by Gasteiger charge is 2.19. The molecule has 0 N–H and O–H groups in total. The molecule has 0 aliphatic heterocycles. The number of hydrogen-bond acceptors (Lipinski definition) is 1. The summed E-state index contributed by atoms with van der Waals surface area (Å²) in [6, 6.07) is 23.7. The summed E-state index contributed by atoms with van der Waals surface area (Å²) in [6.45, 7) is 2.23. The zero-order valence-corrected chi connectivity index (χ0v) is 17.4. The Balaban J connectivity index is 0.00000196. The number of fused-ring (bicyclic) bond motifs is 3. The zero-order chi connectivity index (χ0) is 17.4. The van der Waals surface area contributed by atoms with Gasteiger partial charge in [0, 0.05) is 17.7 Å². The summed E-state index contributed by atoms with van der Waals surface area (Å²) in [5.41, 5.74) is 5.08. The third-order valence-corrected chi connectivity index (χ3v) is 5.03. The third kappa shape index (κ3) is 3.05. The molecule has 0 unspecified atom stereocenters. The van der Waals surface area contributed by atoms with E-state index in [1.165, 1.54) is 38.5 Å². The molecular formula is C23H22INO. The van der Waals surface area contributed by atoms with Crippen LogP contribution in [-0.4, -0.2) is 7.11 Å². The largest absolute Gasteiger partial charge is 1.00 e. The van der Waals surface area contributed by atoms with Crippen LogP contribution in [-0.2, 0) is 13.5 Å². The van der Waals surface area contributed by atoms with Gasteiger partial charge in [0.05, 0.1) is 12.5 Å². The van der Waals surface area contributed by atoms with Crippen LogP contribution >= 0.6 is 0 Å². The van der Waals surface area contributed by atoms with Crippen LogP contribution in [0, 0.1) is 0 Å². The van der Waals surface area contributed by atoms with Gasteiger partial charge in [0.1, 0.15) is 12.8 Å². The van der Waals surface area contributed by atoms with Crippen LogP contribution in [0.25, 0.3) is 32.9 Å². The number of aromatic nitrogens is 1. The Morgan fingerprint density at radius 3 is 2.35 bits per heavy atom. The van der Waals surface area contributed by atoms with Crippen molar-refractivity contribution < 1.29 is 33.3 Å². The molecule has 0 spiro atoms. The van der Waals surface area contributed by atoms with Crippen molar-refractivity contribution in [3.63, 3.8) is 0 Å². The quantitative estimate of drug-likeness (QED) is 0.262. The fraction of sp³-hybridized carbons (Fsp3) is 0.174. The predicted molar refractivity (Wildman–Crippen MR) is 104 cm³/mol. The zero-order valence-electron chi connectivity index (χ0n) is 15.3. The first-order valence-corrected chi connectivity index (χ1v) is 8.70. The summed E-state index contributed by atoms with van der Waals surface area (Å²) in [5, 5.41) is 3.98. The van der Waals surface area contributed by atoms with Crippen LogP contribution in [0.3, 0.4) is 0 Å². The Hall–Kier alpha value is -2.14. The van der Waals surface area contributed by atoms with E-state index < -0.39 is 0 Å². The Bertz CT molecular complexity index is 1070. The van der Waals surface area contributed by atoms with Crippen molar-refractivity contribution in [3.05, 3.63) is 72.3 Å². The van der Waals surface area contributed by atoms with Gasteiger partial charge >= 0.3 is 0 Å². The van der Waals surface area contributed by atoms with Crippen LogP contribution in [0.1, 0.15) is 12.5 Å². The Labute approximate surface area is 171 Å². The highest BCUT2D eigenvalue weighted by molar-refractivity contribution is 6.07. The van der Waals surface area contributed by atoms with Gasteiger partial charge in [0.15, 0.2) is 0 Å². The van der Waals surface area contributed by atoms with E-state index in [0.29, 0.717) is 0 Å². The number of benzene rings is 3. The van der Waals surface area contributed by atoms with Crippen molar-refractivity contribution in [2.45, 2.75) is 13.3 Å². The number of aryl methyl sites for hydroxylation is 2. The Morgan fingerprint density at radius 1 is 0.923 bits per heavy atom. The van der Waals surface area contributed by atoms with Gasteiger partial charge in [-0.1, -0.05) is 31.2 Å².